The molecule has 0 aliphatic carbocycles. The lowest BCUT2D eigenvalue weighted by Gasteiger charge is -2.03. The average Bonchev–Trinajstić information content (AvgIpc) is 3.16. The number of amides is 1. The number of nitrogens with zero attached hydrogens (tertiary/aromatic N) is 3. The minimum absolute atomic E-state index is 0.229. The summed E-state index contributed by atoms with van der Waals surface area (Å²) in [7, 11) is 1.63. The van der Waals surface area contributed by atoms with Gasteiger partial charge in [0.25, 0.3) is 5.91 Å². The topological polar surface area (TPSA) is 77.0 Å². The van der Waals surface area contributed by atoms with E-state index in [0.29, 0.717) is 16.2 Å². The number of aromatic nitrogens is 3. The maximum Gasteiger partial charge on any atom is 0.257 e. The lowest BCUT2D eigenvalue weighted by Crippen LogP contribution is -2.11. The van der Waals surface area contributed by atoms with Crippen LogP contribution in [0.2, 0.25) is 0 Å². The third-order valence-electron chi connectivity index (χ3n) is 3.84. The molecule has 0 aliphatic heterocycles. The van der Waals surface area contributed by atoms with Gasteiger partial charge in [0, 0.05) is 28.9 Å². The van der Waals surface area contributed by atoms with Gasteiger partial charge >= 0.3 is 0 Å². The molecule has 0 radical (unpaired) electrons. The summed E-state index contributed by atoms with van der Waals surface area (Å²) in [4.78, 5) is 25.4. The molecule has 4 aromatic rings. The number of hydrogen-bond acceptors (Lipinski definition) is 6. The quantitative estimate of drug-likeness (QED) is 0.593. The zero-order chi connectivity index (χ0) is 17.9. The number of anilines is 1. The number of benzene rings is 2. The van der Waals surface area contributed by atoms with Crippen molar-refractivity contribution in [1.82, 2.24) is 15.0 Å². The van der Waals surface area contributed by atoms with Crippen LogP contribution in [0.4, 0.5) is 5.13 Å². The Balaban J connectivity index is 1.53. The molecule has 0 saturated carbocycles. The van der Waals surface area contributed by atoms with Gasteiger partial charge in [0.05, 0.1) is 23.8 Å². The van der Waals surface area contributed by atoms with Crippen molar-refractivity contribution in [2.45, 2.75) is 0 Å². The number of rotatable bonds is 4. The fraction of sp³-hybridized carbons (Fsp3) is 0.0526. The van der Waals surface area contributed by atoms with Crippen molar-refractivity contribution in [3.8, 4) is 17.0 Å². The second kappa shape index (κ2) is 6.89. The van der Waals surface area contributed by atoms with Crippen molar-refractivity contribution in [1.29, 1.82) is 0 Å². The van der Waals surface area contributed by atoms with E-state index in [2.05, 4.69) is 20.3 Å². The molecule has 0 saturated heterocycles. The van der Waals surface area contributed by atoms with Gasteiger partial charge in [-0.25, -0.2) is 4.98 Å². The molecule has 6 nitrogen and oxygen atoms in total. The van der Waals surface area contributed by atoms with Crippen molar-refractivity contribution in [3.05, 3.63) is 65.8 Å². The zero-order valence-corrected chi connectivity index (χ0v) is 14.7. The predicted molar refractivity (Wildman–Crippen MR) is 102 cm³/mol. The Kier molecular flexibility index (Phi) is 4.28. The summed E-state index contributed by atoms with van der Waals surface area (Å²) in [6.45, 7) is 0. The van der Waals surface area contributed by atoms with E-state index in [9.17, 15) is 4.79 Å². The van der Waals surface area contributed by atoms with Crippen LogP contribution in [0.5, 0.6) is 5.75 Å². The molecular weight excluding hydrogens is 348 g/mol. The Morgan fingerprint density at radius 3 is 2.58 bits per heavy atom. The van der Waals surface area contributed by atoms with E-state index < -0.39 is 0 Å². The fourth-order valence-corrected chi connectivity index (χ4v) is 3.21. The molecule has 0 unspecified atom stereocenters. The first-order chi connectivity index (χ1) is 12.7. The molecule has 0 fully saturated rings. The van der Waals surface area contributed by atoms with Gasteiger partial charge in [-0.05, 0) is 42.5 Å². The number of thiazole rings is 1. The summed E-state index contributed by atoms with van der Waals surface area (Å²) < 4.78 is 5.16. The first kappa shape index (κ1) is 16.2. The lowest BCUT2D eigenvalue weighted by molar-refractivity contribution is 0.102. The molecule has 4 rings (SSSR count). The largest absolute Gasteiger partial charge is 0.497 e. The molecule has 2 aromatic carbocycles. The number of fused-ring (bicyclic) bond motifs is 1. The van der Waals surface area contributed by atoms with E-state index in [1.165, 1.54) is 11.3 Å². The molecule has 0 atom stereocenters. The first-order valence-electron chi connectivity index (χ1n) is 7.85. The second-order valence-corrected chi connectivity index (χ2v) is 6.34. The van der Waals surface area contributed by atoms with Crippen LogP contribution in [0.15, 0.2) is 60.2 Å². The highest BCUT2D eigenvalue weighted by molar-refractivity contribution is 7.14. The third kappa shape index (κ3) is 3.25. The van der Waals surface area contributed by atoms with Crippen LogP contribution in [0.3, 0.4) is 0 Å². The standard InChI is InChI=1S/C19H14N4O2S/c1-25-14-5-2-12(3-6-14)17-11-26-19(22-17)23-18(24)13-4-7-15-16(10-13)21-9-8-20-15/h2-11H,1H3,(H,22,23,24). The number of carbonyl (C=O) groups is 1. The van der Waals surface area contributed by atoms with Gasteiger partial charge in [0.15, 0.2) is 5.13 Å². The Bertz CT molecular complexity index is 1080. The number of methoxy groups -OCH3 is 1. The predicted octanol–water partition coefficient (Wildman–Crippen LogP) is 4.01. The van der Waals surface area contributed by atoms with Gasteiger partial charge in [-0.2, -0.15) is 0 Å². The van der Waals surface area contributed by atoms with Crippen LogP contribution >= 0.6 is 11.3 Å². The summed E-state index contributed by atoms with van der Waals surface area (Å²) in [6.07, 6.45) is 3.23. The van der Waals surface area contributed by atoms with Gasteiger partial charge in [-0.1, -0.05) is 0 Å². The highest BCUT2D eigenvalue weighted by Crippen LogP contribution is 2.26. The fourth-order valence-electron chi connectivity index (χ4n) is 2.50. The van der Waals surface area contributed by atoms with Gasteiger partial charge in [0.2, 0.25) is 0 Å². The molecular formula is C19H14N4O2S. The van der Waals surface area contributed by atoms with Gasteiger partial charge in [-0.3, -0.25) is 20.1 Å². The Morgan fingerprint density at radius 2 is 1.81 bits per heavy atom. The molecule has 0 spiro atoms. The number of nitrogens with one attached hydrogen (secondary N) is 1. The molecule has 0 aliphatic rings. The van der Waals surface area contributed by atoms with E-state index in [-0.39, 0.29) is 5.91 Å². The molecule has 26 heavy (non-hydrogen) atoms. The molecule has 0 bridgehead atoms. The van der Waals surface area contributed by atoms with Crippen molar-refractivity contribution in [2.75, 3.05) is 12.4 Å². The smallest absolute Gasteiger partial charge is 0.257 e. The highest BCUT2D eigenvalue weighted by atomic mass is 32.1. The summed E-state index contributed by atoms with van der Waals surface area (Å²) in [5, 5.41) is 5.28. The van der Waals surface area contributed by atoms with Gasteiger partial charge in [-0.15, -0.1) is 11.3 Å². The third-order valence-corrected chi connectivity index (χ3v) is 4.60. The average molecular weight is 362 g/mol. The molecule has 128 valence electrons. The number of ether oxygens (including phenoxy) is 1. The summed E-state index contributed by atoms with van der Waals surface area (Å²) in [6, 6.07) is 12.8. The Morgan fingerprint density at radius 1 is 1.04 bits per heavy atom. The minimum Gasteiger partial charge on any atom is -0.497 e. The van der Waals surface area contributed by atoms with E-state index >= 15 is 0 Å². The maximum atomic E-state index is 12.5. The Hall–Kier alpha value is -3.32. The summed E-state index contributed by atoms with van der Waals surface area (Å²) in [5.74, 6) is 0.560. The van der Waals surface area contributed by atoms with Crippen LogP contribution < -0.4 is 10.1 Å². The summed E-state index contributed by atoms with van der Waals surface area (Å²) >= 11 is 1.38. The van der Waals surface area contributed by atoms with Crippen molar-refractivity contribution < 1.29 is 9.53 Å². The van der Waals surface area contributed by atoms with Gasteiger partial charge < -0.3 is 4.74 Å². The number of hydrogen-bond donors (Lipinski definition) is 1. The molecule has 1 amide bonds. The van der Waals surface area contributed by atoms with Crippen molar-refractivity contribution >= 4 is 33.4 Å². The van der Waals surface area contributed by atoms with Crippen LogP contribution in [0, 0.1) is 0 Å². The normalized spacial score (nSPS) is 10.7. The van der Waals surface area contributed by atoms with Crippen LogP contribution in [0.25, 0.3) is 22.3 Å². The van der Waals surface area contributed by atoms with E-state index in [4.69, 9.17) is 4.74 Å². The molecule has 7 heteroatoms. The Labute approximate surface area is 153 Å². The second-order valence-electron chi connectivity index (χ2n) is 5.48. The number of carbonyl (C=O) groups excluding carboxylic acids is 1. The molecule has 2 heterocycles. The van der Waals surface area contributed by atoms with Crippen molar-refractivity contribution in [3.63, 3.8) is 0 Å². The van der Waals surface area contributed by atoms with Crippen LogP contribution in [0.1, 0.15) is 10.4 Å². The van der Waals surface area contributed by atoms with E-state index in [1.807, 2.05) is 29.6 Å². The monoisotopic (exact) mass is 362 g/mol. The van der Waals surface area contributed by atoms with Crippen LogP contribution in [-0.2, 0) is 0 Å². The maximum absolute atomic E-state index is 12.5. The van der Waals surface area contributed by atoms with Crippen LogP contribution in [-0.4, -0.2) is 28.0 Å². The van der Waals surface area contributed by atoms with Gasteiger partial charge in [0.1, 0.15) is 5.75 Å². The highest BCUT2D eigenvalue weighted by Gasteiger charge is 2.11. The first-order valence-corrected chi connectivity index (χ1v) is 8.73. The van der Waals surface area contributed by atoms with E-state index in [0.717, 1.165) is 22.5 Å². The SMILES string of the molecule is COc1ccc(-c2csc(NC(=O)c3ccc4nccnc4c3)n2)cc1. The summed E-state index contributed by atoms with van der Waals surface area (Å²) in [5.41, 5.74) is 3.71. The molecule has 2 aromatic heterocycles. The lowest BCUT2D eigenvalue weighted by atomic mass is 10.2. The zero-order valence-electron chi connectivity index (χ0n) is 13.8. The minimum atomic E-state index is -0.229. The van der Waals surface area contributed by atoms with Crippen molar-refractivity contribution in [2.24, 2.45) is 0 Å². The van der Waals surface area contributed by atoms with E-state index in [1.54, 1.807) is 37.7 Å². The molecule has 1 N–H and O–H groups in total.